The SMILES string of the molecule is CCCn1ccc2cc(-c3cccc([C@@H](CC(C)C)C(=O)NCC#N)c3)ccc21. The maximum atomic E-state index is 12.7. The molecule has 0 saturated carbocycles. The molecule has 1 amide bonds. The number of aromatic nitrogens is 1. The van der Waals surface area contributed by atoms with Crippen LogP contribution in [0.2, 0.25) is 0 Å². The maximum Gasteiger partial charge on any atom is 0.228 e. The van der Waals surface area contributed by atoms with Crippen molar-refractivity contribution in [3.8, 4) is 17.2 Å². The molecule has 0 saturated heterocycles. The molecule has 0 spiro atoms. The molecule has 2 aromatic carbocycles. The Morgan fingerprint density at radius 1 is 1.14 bits per heavy atom. The van der Waals surface area contributed by atoms with Gasteiger partial charge < -0.3 is 9.88 Å². The Bertz CT molecular complexity index is 1030. The van der Waals surface area contributed by atoms with Gasteiger partial charge in [-0.2, -0.15) is 5.26 Å². The number of fused-ring (bicyclic) bond motifs is 1. The molecule has 0 unspecified atom stereocenters. The summed E-state index contributed by atoms with van der Waals surface area (Å²) in [5.41, 5.74) is 4.50. The standard InChI is InChI=1S/C25H29N3O/c1-4-13-28-14-10-22-17-20(8-9-24(22)28)19-6-5-7-21(16-19)23(15-18(2)3)25(29)27-12-11-26/h5-10,14,16-18,23H,4,12-13,15H2,1-3H3,(H,27,29)/t23-/m1/s1. The third-order valence-electron chi connectivity index (χ3n) is 5.22. The van der Waals surface area contributed by atoms with Crippen LogP contribution in [0, 0.1) is 17.2 Å². The lowest BCUT2D eigenvalue weighted by molar-refractivity contribution is -0.122. The first kappa shape index (κ1) is 20.7. The van der Waals surface area contributed by atoms with Crippen molar-refractivity contribution in [1.29, 1.82) is 5.26 Å². The second-order valence-corrected chi connectivity index (χ2v) is 7.97. The molecule has 0 bridgehead atoms. The number of carbonyl (C=O) groups is 1. The lowest BCUT2D eigenvalue weighted by atomic mass is 9.88. The highest BCUT2D eigenvalue weighted by Gasteiger charge is 2.22. The number of carbonyl (C=O) groups excluding carboxylic acids is 1. The van der Waals surface area contributed by atoms with Crippen LogP contribution in [0.25, 0.3) is 22.0 Å². The molecule has 0 aliphatic carbocycles. The van der Waals surface area contributed by atoms with Gasteiger partial charge in [0.2, 0.25) is 5.91 Å². The summed E-state index contributed by atoms with van der Waals surface area (Å²) in [6.45, 7) is 7.48. The van der Waals surface area contributed by atoms with Crippen molar-refractivity contribution in [3.63, 3.8) is 0 Å². The molecule has 1 atom stereocenters. The zero-order valence-corrected chi connectivity index (χ0v) is 17.5. The van der Waals surface area contributed by atoms with Crippen molar-refractivity contribution < 1.29 is 4.79 Å². The minimum Gasteiger partial charge on any atom is -0.347 e. The molecule has 1 N–H and O–H groups in total. The first-order chi connectivity index (χ1) is 14.0. The number of aryl methyl sites for hydroxylation is 1. The Labute approximate surface area is 173 Å². The molecule has 0 aliphatic rings. The van der Waals surface area contributed by atoms with Crippen LogP contribution in [0.1, 0.15) is 45.1 Å². The van der Waals surface area contributed by atoms with Crippen molar-refractivity contribution >= 4 is 16.8 Å². The number of hydrogen-bond donors (Lipinski definition) is 1. The predicted octanol–water partition coefficient (Wildman–Crippen LogP) is 5.49. The summed E-state index contributed by atoms with van der Waals surface area (Å²) in [6.07, 6.45) is 4.00. The van der Waals surface area contributed by atoms with Crippen LogP contribution in [0.5, 0.6) is 0 Å². The summed E-state index contributed by atoms with van der Waals surface area (Å²) in [5.74, 6) is 0.0494. The summed E-state index contributed by atoms with van der Waals surface area (Å²) < 4.78 is 2.29. The van der Waals surface area contributed by atoms with Gasteiger partial charge in [0.1, 0.15) is 6.54 Å². The lowest BCUT2D eigenvalue weighted by Gasteiger charge is -2.19. The highest BCUT2D eigenvalue weighted by molar-refractivity contribution is 5.87. The van der Waals surface area contributed by atoms with Gasteiger partial charge in [-0.3, -0.25) is 4.79 Å². The van der Waals surface area contributed by atoms with E-state index in [0.29, 0.717) is 5.92 Å². The Kier molecular flexibility index (Phi) is 6.72. The molecule has 150 valence electrons. The zero-order valence-electron chi connectivity index (χ0n) is 17.5. The monoisotopic (exact) mass is 387 g/mol. The molecule has 0 radical (unpaired) electrons. The van der Waals surface area contributed by atoms with E-state index < -0.39 is 0 Å². The van der Waals surface area contributed by atoms with Crippen LogP contribution in [0.3, 0.4) is 0 Å². The third kappa shape index (κ3) is 4.86. The van der Waals surface area contributed by atoms with Crippen LogP contribution >= 0.6 is 0 Å². The fourth-order valence-electron chi connectivity index (χ4n) is 3.87. The van der Waals surface area contributed by atoms with Gasteiger partial charge in [-0.15, -0.1) is 0 Å². The topological polar surface area (TPSA) is 57.8 Å². The Balaban J connectivity index is 1.93. The van der Waals surface area contributed by atoms with Crippen molar-refractivity contribution in [3.05, 3.63) is 60.3 Å². The van der Waals surface area contributed by atoms with Crippen LogP contribution in [-0.4, -0.2) is 17.0 Å². The number of nitrogens with one attached hydrogen (secondary N) is 1. The number of amides is 1. The fourth-order valence-corrected chi connectivity index (χ4v) is 3.87. The number of nitrogens with zero attached hydrogens (tertiary/aromatic N) is 2. The van der Waals surface area contributed by atoms with Crippen LogP contribution in [-0.2, 0) is 11.3 Å². The quantitative estimate of drug-likeness (QED) is 0.520. The molecule has 3 rings (SSSR count). The lowest BCUT2D eigenvalue weighted by Crippen LogP contribution is -2.30. The molecule has 3 aromatic rings. The number of rotatable bonds is 8. The average Bonchev–Trinajstić information content (AvgIpc) is 3.12. The number of nitriles is 1. The largest absolute Gasteiger partial charge is 0.347 e. The van der Waals surface area contributed by atoms with Gasteiger partial charge >= 0.3 is 0 Å². The Morgan fingerprint density at radius 3 is 2.66 bits per heavy atom. The molecule has 1 heterocycles. The third-order valence-corrected chi connectivity index (χ3v) is 5.22. The van der Waals surface area contributed by atoms with Crippen LogP contribution in [0.15, 0.2) is 54.7 Å². The van der Waals surface area contributed by atoms with Crippen molar-refractivity contribution in [2.24, 2.45) is 5.92 Å². The normalized spacial score (nSPS) is 12.1. The smallest absolute Gasteiger partial charge is 0.228 e. The molecular weight excluding hydrogens is 358 g/mol. The molecule has 4 nitrogen and oxygen atoms in total. The van der Waals surface area contributed by atoms with Gasteiger partial charge in [-0.1, -0.05) is 51.1 Å². The highest BCUT2D eigenvalue weighted by Crippen LogP contribution is 2.30. The minimum absolute atomic E-state index is 0.0402. The van der Waals surface area contributed by atoms with E-state index in [1.807, 2.05) is 18.2 Å². The van der Waals surface area contributed by atoms with Gasteiger partial charge in [-0.05, 0) is 53.6 Å². The van der Waals surface area contributed by atoms with E-state index in [1.165, 1.54) is 10.9 Å². The summed E-state index contributed by atoms with van der Waals surface area (Å²) in [4.78, 5) is 12.7. The van der Waals surface area contributed by atoms with E-state index in [1.54, 1.807) is 0 Å². The second-order valence-electron chi connectivity index (χ2n) is 7.97. The predicted molar refractivity (Wildman–Crippen MR) is 118 cm³/mol. The molecule has 29 heavy (non-hydrogen) atoms. The number of hydrogen-bond acceptors (Lipinski definition) is 2. The molecule has 0 aliphatic heterocycles. The number of benzene rings is 2. The molecular formula is C25H29N3O. The summed E-state index contributed by atoms with van der Waals surface area (Å²) in [5, 5.41) is 12.8. The van der Waals surface area contributed by atoms with Crippen LogP contribution in [0.4, 0.5) is 0 Å². The van der Waals surface area contributed by atoms with Crippen molar-refractivity contribution in [1.82, 2.24) is 9.88 Å². The summed E-state index contributed by atoms with van der Waals surface area (Å²) in [7, 11) is 0. The summed E-state index contributed by atoms with van der Waals surface area (Å²) >= 11 is 0. The van der Waals surface area contributed by atoms with E-state index >= 15 is 0 Å². The Morgan fingerprint density at radius 2 is 1.93 bits per heavy atom. The van der Waals surface area contributed by atoms with E-state index in [-0.39, 0.29) is 18.4 Å². The highest BCUT2D eigenvalue weighted by atomic mass is 16.1. The van der Waals surface area contributed by atoms with E-state index in [9.17, 15) is 4.79 Å². The Hall–Kier alpha value is -3.06. The fraction of sp³-hybridized carbons (Fsp3) is 0.360. The first-order valence-electron chi connectivity index (χ1n) is 10.4. The first-order valence-corrected chi connectivity index (χ1v) is 10.4. The van der Waals surface area contributed by atoms with Crippen LogP contribution < -0.4 is 5.32 Å². The second kappa shape index (κ2) is 9.43. The van der Waals surface area contributed by atoms with E-state index in [0.717, 1.165) is 36.1 Å². The van der Waals surface area contributed by atoms with Gasteiger partial charge in [0.15, 0.2) is 0 Å². The maximum absolute atomic E-state index is 12.7. The van der Waals surface area contributed by atoms with E-state index in [4.69, 9.17) is 5.26 Å². The van der Waals surface area contributed by atoms with Gasteiger partial charge in [0, 0.05) is 23.6 Å². The zero-order chi connectivity index (χ0) is 20.8. The van der Waals surface area contributed by atoms with Gasteiger partial charge in [0.25, 0.3) is 0 Å². The summed E-state index contributed by atoms with van der Waals surface area (Å²) in [6, 6.07) is 18.9. The van der Waals surface area contributed by atoms with Gasteiger partial charge in [0.05, 0.1) is 12.0 Å². The van der Waals surface area contributed by atoms with Crippen molar-refractivity contribution in [2.45, 2.75) is 46.1 Å². The van der Waals surface area contributed by atoms with E-state index in [2.05, 4.69) is 73.3 Å². The van der Waals surface area contributed by atoms with Gasteiger partial charge in [-0.25, -0.2) is 0 Å². The minimum atomic E-state index is -0.252. The average molecular weight is 388 g/mol. The molecule has 1 aromatic heterocycles. The molecule has 4 heteroatoms. The molecule has 0 fully saturated rings. The van der Waals surface area contributed by atoms with Crippen molar-refractivity contribution in [2.75, 3.05) is 6.54 Å².